The van der Waals surface area contributed by atoms with Gasteiger partial charge >= 0.3 is 6.09 Å². The molecule has 0 radical (unpaired) electrons. The number of hydrogen-bond acceptors (Lipinski definition) is 3. The quantitative estimate of drug-likeness (QED) is 0.750. The molecular formula is C12H19N3O3. The summed E-state index contributed by atoms with van der Waals surface area (Å²) in [4.78, 5) is 25.2. The van der Waals surface area contributed by atoms with Crippen LogP contribution in [0.3, 0.4) is 0 Å². The number of carbonyl (C=O) groups excluding carboxylic acids is 1. The van der Waals surface area contributed by atoms with Gasteiger partial charge in [-0.15, -0.1) is 0 Å². The van der Waals surface area contributed by atoms with Gasteiger partial charge < -0.3 is 9.64 Å². The van der Waals surface area contributed by atoms with E-state index in [9.17, 15) is 9.59 Å². The summed E-state index contributed by atoms with van der Waals surface area (Å²) >= 11 is 0. The number of hydrogen-bond donors (Lipinski definition) is 1. The third-order valence-corrected chi connectivity index (χ3v) is 2.92. The van der Waals surface area contributed by atoms with Gasteiger partial charge in [-0.05, 0) is 27.2 Å². The molecule has 18 heavy (non-hydrogen) atoms. The van der Waals surface area contributed by atoms with E-state index in [1.165, 1.54) is 0 Å². The van der Waals surface area contributed by atoms with Crippen molar-refractivity contribution in [3.63, 3.8) is 0 Å². The molecule has 2 rings (SSSR count). The van der Waals surface area contributed by atoms with E-state index in [-0.39, 0.29) is 11.7 Å². The van der Waals surface area contributed by atoms with Crippen LogP contribution >= 0.6 is 0 Å². The minimum Gasteiger partial charge on any atom is -0.444 e. The highest BCUT2D eigenvalue weighted by atomic mass is 16.6. The van der Waals surface area contributed by atoms with Crippen molar-refractivity contribution in [2.45, 2.75) is 39.3 Å². The fourth-order valence-electron chi connectivity index (χ4n) is 2.07. The topological polar surface area (TPSA) is 67.3 Å². The van der Waals surface area contributed by atoms with Crippen LogP contribution in [0.2, 0.25) is 0 Å². The Morgan fingerprint density at radius 1 is 1.39 bits per heavy atom. The summed E-state index contributed by atoms with van der Waals surface area (Å²) in [5.41, 5.74) is 1.08. The number of H-pyrrole nitrogens is 1. The van der Waals surface area contributed by atoms with Gasteiger partial charge in [-0.3, -0.25) is 14.6 Å². The molecule has 1 aromatic rings. The van der Waals surface area contributed by atoms with Crippen molar-refractivity contribution < 1.29 is 9.53 Å². The number of ether oxygens (including phenoxy) is 1. The maximum absolute atomic E-state index is 11.9. The lowest BCUT2D eigenvalue weighted by molar-refractivity contribution is 0.0219. The zero-order valence-electron chi connectivity index (χ0n) is 11.2. The van der Waals surface area contributed by atoms with Gasteiger partial charge in [-0.1, -0.05) is 0 Å². The number of aromatic nitrogens is 2. The maximum Gasteiger partial charge on any atom is 0.410 e. The Morgan fingerprint density at radius 2 is 2.06 bits per heavy atom. The molecule has 1 N–H and O–H groups in total. The molecule has 0 aliphatic carbocycles. The van der Waals surface area contributed by atoms with Crippen molar-refractivity contribution in [2.75, 3.05) is 6.54 Å². The fourth-order valence-corrected chi connectivity index (χ4v) is 2.07. The molecule has 0 bridgehead atoms. The third kappa shape index (κ3) is 2.42. The third-order valence-electron chi connectivity index (χ3n) is 2.92. The summed E-state index contributed by atoms with van der Waals surface area (Å²) < 4.78 is 7.00. The van der Waals surface area contributed by atoms with Crippen LogP contribution in [0.1, 0.15) is 32.0 Å². The molecule has 0 fully saturated rings. The Kier molecular flexibility index (Phi) is 2.96. The number of aryl methyl sites for hydroxylation is 1. The van der Waals surface area contributed by atoms with Gasteiger partial charge in [0.05, 0.1) is 12.2 Å². The second-order valence-corrected chi connectivity index (χ2v) is 5.58. The largest absolute Gasteiger partial charge is 0.444 e. The van der Waals surface area contributed by atoms with Gasteiger partial charge in [0.25, 0.3) is 5.56 Å². The molecule has 6 heteroatoms. The van der Waals surface area contributed by atoms with E-state index in [1.807, 2.05) is 20.8 Å². The molecule has 0 saturated carbocycles. The highest BCUT2D eigenvalue weighted by Gasteiger charge is 2.28. The molecule has 2 heterocycles. The van der Waals surface area contributed by atoms with Crippen molar-refractivity contribution in [1.29, 1.82) is 0 Å². The zero-order chi connectivity index (χ0) is 13.5. The van der Waals surface area contributed by atoms with Crippen LogP contribution < -0.4 is 5.56 Å². The first-order valence-corrected chi connectivity index (χ1v) is 6.02. The van der Waals surface area contributed by atoms with Crippen LogP contribution in [0.25, 0.3) is 0 Å². The minimum absolute atomic E-state index is 0.0589. The summed E-state index contributed by atoms with van der Waals surface area (Å²) in [6, 6.07) is 0. The van der Waals surface area contributed by atoms with E-state index in [4.69, 9.17) is 4.74 Å². The van der Waals surface area contributed by atoms with Gasteiger partial charge in [0, 0.05) is 19.2 Å². The lowest BCUT2D eigenvalue weighted by atomic mass is 10.1. The number of rotatable bonds is 0. The summed E-state index contributed by atoms with van der Waals surface area (Å²) in [6.07, 6.45) is 0.242. The molecule has 0 saturated heterocycles. The van der Waals surface area contributed by atoms with Gasteiger partial charge in [0.1, 0.15) is 5.60 Å². The minimum atomic E-state index is -0.499. The van der Waals surface area contributed by atoms with Crippen LogP contribution in [0.4, 0.5) is 4.79 Å². The Bertz CT molecular complexity index is 522. The Morgan fingerprint density at radius 3 is 2.67 bits per heavy atom. The van der Waals surface area contributed by atoms with Crippen molar-refractivity contribution >= 4 is 6.09 Å². The second kappa shape index (κ2) is 4.19. The predicted molar refractivity (Wildman–Crippen MR) is 66.4 cm³/mol. The average molecular weight is 253 g/mol. The molecule has 0 atom stereocenters. The molecule has 0 spiro atoms. The SMILES string of the molecule is Cn1[nH]c(=O)c2c1CN(C(=O)OC(C)(C)C)CC2. The lowest BCUT2D eigenvalue weighted by Crippen LogP contribution is -2.40. The molecule has 1 amide bonds. The Labute approximate surface area is 106 Å². The first-order chi connectivity index (χ1) is 8.28. The number of amides is 1. The second-order valence-electron chi connectivity index (χ2n) is 5.58. The smallest absolute Gasteiger partial charge is 0.410 e. The summed E-state index contributed by atoms with van der Waals surface area (Å²) in [5.74, 6) is 0. The molecule has 0 aromatic carbocycles. The highest BCUT2D eigenvalue weighted by molar-refractivity contribution is 5.68. The first kappa shape index (κ1) is 12.7. The van der Waals surface area contributed by atoms with E-state index in [0.717, 1.165) is 11.3 Å². The fraction of sp³-hybridized carbons (Fsp3) is 0.667. The molecule has 6 nitrogen and oxygen atoms in total. The van der Waals surface area contributed by atoms with Crippen molar-refractivity contribution in [3.8, 4) is 0 Å². The van der Waals surface area contributed by atoms with Crippen LogP contribution in [-0.2, 0) is 24.8 Å². The normalized spacial score (nSPS) is 15.4. The van der Waals surface area contributed by atoms with Crippen LogP contribution in [0.15, 0.2) is 4.79 Å². The molecule has 1 aromatic heterocycles. The van der Waals surface area contributed by atoms with Crippen LogP contribution in [0, 0.1) is 0 Å². The van der Waals surface area contributed by atoms with E-state index in [2.05, 4.69) is 5.10 Å². The lowest BCUT2D eigenvalue weighted by Gasteiger charge is -2.30. The van der Waals surface area contributed by atoms with Gasteiger partial charge in [0.2, 0.25) is 0 Å². The van der Waals surface area contributed by atoms with Crippen molar-refractivity contribution in [1.82, 2.24) is 14.7 Å². The summed E-state index contributed by atoms with van der Waals surface area (Å²) in [6.45, 7) is 6.46. The molecular weight excluding hydrogens is 234 g/mol. The van der Waals surface area contributed by atoms with Gasteiger partial charge in [0.15, 0.2) is 0 Å². The number of carbonyl (C=O) groups is 1. The van der Waals surface area contributed by atoms with E-state index in [0.29, 0.717) is 19.5 Å². The van der Waals surface area contributed by atoms with Crippen molar-refractivity contribution in [2.24, 2.45) is 7.05 Å². The first-order valence-electron chi connectivity index (χ1n) is 6.02. The van der Waals surface area contributed by atoms with E-state index < -0.39 is 5.60 Å². The standard InChI is InChI=1S/C12H19N3O3/c1-12(2,3)18-11(17)15-6-5-8-9(7-15)14(4)13-10(8)16/h5-7H2,1-4H3,(H,13,16). The number of aromatic amines is 1. The number of nitrogens with zero attached hydrogens (tertiary/aromatic N) is 2. The van der Waals surface area contributed by atoms with Crippen LogP contribution in [0.5, 0.6) is 0 Å². The zero-order valence-corrected chi connectivity index (χ0v) is 11.2. The summed E-state index contributed by atoms with van der Waals surface area (Å²) in [7, 11) is 1.78. The molecule has 1 aliphatic heterocycles. The Balaban J connectivity index is 2.15. The predicted octanol–water partition coefficient (Wildman–Crippen LogP) is 1.01. The molecule has 1 aliphatic rings. The van der Waals surface area contributed by atoms with E-state index >= 15 is 0 Å². The molecule has 0 unspecified atom stereocenters. The molecule has 100 valence electrons. The van der Waals surface area contributed by atoms with Crippen molar-refractivity contribution in [3.05, 3.63) is 21.6 Å². The average Bonchev–Trinajstić information content (AvgIpc) is 2.52. The summed E-state index contributed by atoms with van der Waals surface area (Å²) in [5, 5.41) is 2.71. The number of fused-ring (bicyclic) bond motifs is 1. The highest BCUT2D eigenvalue weighted by Crippen LogP contribution is 2.18. The Hall–Kier alpha value is -1.72. The van der Waals surface area contributed by atoms with E-state index in [1.54, 1.807) is 16.6 Å². The monoisotopic (exact) mass is 253 g/mol. The van der Waals surface area contributed by atoms with Gasteiger partial charge in [-0.25, -0.2) is 4.79 Å². The van der Waals surface area contributed by atoms with Gasteiger partial charge in [-0.2, -0.15) is 0 Å². The van der Waals surface area contributed by atoms with Crippen LogP contribution in [-0.4, -0.2) is 32.9 Å². The maximum atomic E-state index is 11.9. The number of nitrogens with one attached hydrogen (secondary N) is 1.